The lowest BCUT2D eigenvalue weighted by molar-refractivity contribution is -0.139. The minimum absolute atomic E-state index is 0.414. The molecule has 0 bridgehead atoms. The molecule has 0 aromatic heterocycles. The van der Waals surface area contributed by atoms with Gasteiger partial charge in [-0.25, -0.2) is 4.79 Å². The number of carboxylic acid groups (broad SMARTS) is 1. The van der Waals surface area contributed by atoms with Crippen LogP contribution in [-0.4, -0.2) is 21.5 Å². The van der Waals surface area contributed by atoms with E-state index in [1.54, 1.807) is 0 Å². The van der Waals surface area contributed by atoms with E-state index in [-0.39, 0.29) is 0 Å². The van der Waals surface area contributed by atoms with Crippen LogP contribution in [0.15, 0.2) is 23.4 Å². The molecule has 1 atom stereocenters. The molecule has 1 N–H and O–H groups in total. The average Bonchev–Trinajstić information content (AvgIpc) is 1.85. The van der Waals surface area contributed by atoms with Crippen molar-refractivity contribution in [3.05, 3.63) is 23.4 Å². The van der Waals surface area contributed by atoms with Gasteiger partial charge in [0.05, 0.1) is 5.03 Å². The second-order valence-corrected chi connectivity index (χ2v) is 2.83. The Bertz CT molecular complexity index is 237. The number of halogens is 2. The predicted octanol–water partition coefficient (Wildman–Crippen LogP) is 1.55. The van der Waals surface area contributed by atoms with Crippen molar-refractivity contribution in [2.45, 2.75) is 6.04 Å². The van der Waals surface area contributed by atoms with Gasteiger partial charge in [0.25, 0.3) is 0 Å². The molecule has 0 fully saturated rings. The maximum atomic E-state index is 10.4. The van der Waals surface area contributed by atoms with Crippen LogP contribution in [-0.2, 0) is 4.79 Å². The van der Waals surface area contributed by atoms with E-state index in [0.29, 0.717) is 5.03 Å². The normalized spacial score (nSPS) is 23.3. The molecule has 60 valence electrons. The van der Waals surface area contributed by atoms with Crippen molar-refractivity contribution in [2.24, 2.45) is 0 Å². The van der Waals surface area contributed by atoms with Crippen molar-refractivity contribution < 1.29 is 9.90 Å². The first-order valence-electron chi connectivity index (χ1n) is 2.83. The van der Waals surface area contributed by atoms with E-state index in [9.17, 15) is 4.79 Å². The first-order valence-corrected chi connectivity index (χ1v) is 3.55. The van der Waals surface area contributed by atoms with E-state index < -0.39 is 12.0 Å². The fraction of sp³-hybridized carbons (Fsp3) is 0.167. The number of aliphatic carboxylic acids is 1. The summed E-state index contributed by atoms with van der Waals surface area (Å²) in [6, 6.07) is -0.820. The van der Waals surface area contributed by atoms with Gasteiger partial charge in [-0.2, -0.15) is 0 Å². The zero-order valence-corrected chi connectivity index (χ0v) is 6.88. The fourth-order valence-electron chi connectivity index (χ4n) is 0.694. The summed E-state index contributed by atoms with van der Waals surface area (Å²) >= 11 is 11.0. The molecule has 5 heteroatoms. The van der Waals surface area contributed by atoms with Crippen molar-refractivity contribution in [1.29, 1.82) is 0 Å². The number of hydrogen-bond donors (Lipinski definition) is 1. The second kappa shape index (κ2) is 3.15. The molecule has 1 unspecified atom stereocenters. The van der Waals surface area contributed by atoms with Crippen LogP contribution in [0.25, 0.3) is 0 Å². The summed E-state index contributed by atoms with van der Waals surface area (Å²) in [5.41, 5.74) is 0. The molecular weight excluding hydrogens is 189 g/mol. The Morgan fingerprint density at radius 3 is 2.82 bits per heavy atom. The number of rotatable bonds is 1. The Kier molecular flexibility index (Phi) is 2.42. The van der Waals surface area contributed by atoms with Gasteiger partial charge in [-0.15, -0.1) is 0 Å². The summed E-state index contributed by atoms with van der Waals surface area (Å²) < 4.78 is 1.02. The van der Waals surface area contributed by atoms with Crippen molar-refractivity contribution in [3.63, 3.8) is 0 Å². The molecule has 0 amide bonds. The van der Waals surface area contributed by atoms with Gasteiger partial charge in [-0.05, 0) is 12.2 Å². The highest BCUT2D eigenvalue weighted by Crippen LogP contribution is 2.18. The summed E-state index contributed by atoms with van der Waals surface area (Å²) in [5, 5.41) is 8.96. The molecular formula is C6H5Cl2NO2. The second-order valence-electron chi connectivity index (χ2n) is 2.00. The molecule has 0 aromatic carbocycles. The van der Waals surface area contributed by atoms with Crippen molar-refractivity contribution in [3.8, 4) is 0 Å². The Balaban J connectivity index is 2.77. The summed E-state index contributed by atoms with van der Waals surface area (Å²) in [7, 11) is 0. The lowest BCUT2D eigenvalue weighted by atomic mass is 10.2. The summed E-state index contributed by atoms with van der Waals surface area (Å²) in [6.07, 6.45) is 4.26. The number of nitrogens with zero attached hydrogens (tertiary/aromatic N) is 1. The van der Waals surface area contributed by atoms with Gasteiger partial charge in [-0.3, -0.25) is 4.42 Å². The Hall–Kier alpha value is -0.670. The van der Waals surface area contributed by atoms with Crippen LogP contribution in [0.2, 0.25) is 0 Å². The van der Waals surface area contributed by atoms with Gasteiger partial charge < -0.3 is 5.11 Å². The fourth-order valence-corrected chi connectivity index (χ4v) is 1.18. The molecule has 0 saturated heterocycles. The maximum absolute atomic E-state index is 10.4. The highest BCUT2D eigenvalue weighted by atomic mass is 35.5. The molecule has 0 aromatic rings. The lowest BCUT2D eigenvalue weighted by Crippen LogP contribution is -2.31. The minimum Gasteiger partial charge on any atom is -0.479 e. The number of carboxylic acids is 1. The van der Waals surface area contributed by atoms with E-state index in [4.69, 9.17) is 28.5 Å². The highest BCUT2D eigenvalue weighted by Gasteiger charge is 2.21. The molecule has 1 rings (SSSR count). The van der Waals surface area contributed by atoms with Crippen LogP contribution in [0.5, 0.6) is 0 Å². The van der Waals surface area contributed by atoms with Gasteiger partial charge in [-0.1, -0.05) is 11.6 Å². The number of allylic oxidation sites excluding steroid dienone is 2. The third-order valence-electron chi connectivity index (χ3n) is 1.20. The Labute approximate surface area is 73.6 Å². The van der Waals surface area contributed by atoms with Gasteiger partial charge >= 0.3 is 5.97 Å². The molecule has 0 aliphatic carbocycles. The third-order valence-corrected chi connectivity index (χ3v) is 1.73. The molecule has 1 aliphatic rings. The first kappa shape index (κ1) is 8.43. The zero-order valence-electron chi connectivity index (χ0n) is 5.37. The average molecular weight is 194 g/mol. The topological polar surface area (TPSA) is 40.5 Å². The van der Waals surface area contributed by atoms with Crippen LogP contribution in [0, 0.1) is 0 Å². The first-order chi connectivity index (χ1) is 5.11. The molecule has 11 heavy (non-hydrogen) atoms. The van der Waals surface area contributed by atoms with Crippen LogP contribution >= 0.6 is 23.4 Å². The third kappa shape index (κ3) is 1.88. The molecule has 1 aliphatic heterocycles. The van der Waals surface area contributed by atoms with Crippen molar-refractivity contribution in [2.75, 3.05) is 0 Å². The molecule has 0 spiro atoms. The van der Waals surface area contributed by atoms with Crippen LogP contribution in [0.3, 0.4) is 0 Å². The lowest BCUT2D eigenvalue weighted by Gasteiger charge is -2.19. The quantitative estimate of drug-likeness (QED) is 0.643. The van der Waals surface area contributed by atoms with E-state index in [1.807, 2.05) is 0 Å². The minimum atomic E-state index is -1.00. The molecule has 0 radical (unpaired) electrons. The van der Waals surface area contributed by atoms with E-state index >= 15 is 0 Å². The van der Waals surface area contributed by atoms with Gasteiger partial charge in [0, 0.05) is 18.0 Å². The van der Waals surface area contributed by atoms with Crippen molar-refractivity contribution >= 4 is 29.3 Å². The highest BCUT2D eigenvalue weighted by molar-refractivity contribution is 6.31. The maximum Gasteiger partial charge on any atom is 0.331 e. The van der Waals surface area contributed by atoms with E-state index in [2.05, 4.69) is 0 Å². The van der Waals surface area contributed by atoms with Crippen molar-refractivity contribution in [1.82, 2.24) is 4.42 Å². The summed E-state index contributed by atoms with van der Waals surface area (Å²) in [6.45, 7) is 0. The Morgan fingerprint density at radius 2 is 2.36 bits per heavy atom. The smallest absolute Gasteiger partial charge is 0.331 e. The van der Waals surface area contributed by atoms with Crippen LogP contribution in [0.4, 0.5) is 0 Å². The van der Waals surface area contributed by atoms with E-state index in [0.717, 1.165) is 4.42 Å². The molecule has 3 nitrogen and oxygen atoms in total. The van der Waals surface area contributed by atoms with Gasteiger partial charge in [0.1, 0.15) is 0 Å². The van der Waals surface area contributed by atoms with Gasteiger partial charge in [0.2, 0.25) is 0 Å². The standard InChI is InChI=1S/C6H5Cl2NO2/c7-4-1-2-5(6(10)11)9(8)3-4/h1-3,5H,(H,10,11). The Morgan fingerprint density at radius 1 is 1.73 bits per heavy atom. The molecule has 1 heterocycles. The monoisotopic (exact) mass is 193 g/mol. The SMILES string of the molecule is O=C(O)C1C=CC(Cl)=CN1Cl. The zero-order chi connectivity index (χ0) is 8.43. The summed E-state index contributed by atoms with van der Waals surface area (Å²) in [4.78, 5) is 10.4. The van der Waals surface area contributed by atoms with Crippen LogP contribution < -0.4 is 0 Å². The summed E-state index contributed by atoms with van der Waals surface area (Å²) in [5.74, 6) is -1.00. The largest absolute Gasteiger partial charge is 0.479 e. The molecule has 0 saturated carbocycles. The van der Waals surface area contributed by atoms with Gasteiger partial charge in [0.15, 0.2) is 6.04 Å². The van der Waals surface area contributed by atoms with E-state index in [1.165, 1.54) is 18.4 Å². The predicted molar refractivity (Wildman–Crippen MR) is 42.2 cm³/mol. The number of hydrogen-bond acceptors (Lipinski definition) is 2. The number of carbonyl (C=O) groups is 1. The van der Waals surface area contributed by atoms with Crippen LogP contribution in [0.1, 0.15) is 0 Å².